The van der Waals surface area contributed by atoms with Crippen molar-refractivity contribution < 1.29 is 9.53 Å². The summed E-state index contributed by atoms with van der Waals surface area (Å²) >= 11 is 6.62. The van der Waals surface area contributed by atoms with Crippen LogP contribution in [0.5, 0.6) is 0 Å². The third-order valence-electron chi connectivity index (χ3n) is 3.47. The summed E-state index contributed by atoms with van der Waals surface area (Å²) in [4.78, 5) is 14.6. The van der Waals surface area contributed by atoms with E-state index in [0.717, 1.165) is 5.56 Å². The Kier molecular flexibility index (Phi) is 5.42. The van der Waals surface area contributed by atoms with E-state index in [2.05, 4.69) is 32.9 Å². The van der Waals surface area contributed by atoms with E-state index in [0.29, 0.717) is 22.4 Å². The minimum absolute atomic E-state index is 0.0352. The number of hydrogen-bond donors (Lipinski definition) is 0. The van der Waals surface area contributed by atoms with Crippen LogP contribution in [0.1, 0.15) is 31.9 Å². The predicted molar refractivity (Wildman–Crippen MR) is 96.9 cm³/mol. The van der Waals surface area contributed by atoms with Crippen molar-refractivity contribution in [1.29, 1.82) is 0 Å². The fraction of sp³-hybridized carbons (Fsp3) is 0.412. The molecule has 2 rings (SSSR count). The molecule has 0 aromatic heterocycles. The van der Waals surface area contributed by atoms with Gasteiger partial charge in [-0.15, -0.1) is 0 Å². The largest absolute Gasteiger partial charge is 0.383 e. The van der Waals surface area contributed by atoms with Gasteiger partial charge < -0.3 is 4.74 Å². The third kappa shape index (κ3) is 3.97. The number of rotatable bonds is 4. The number of benzene rings is 1. The first-order chi connectivity index (χ1) is 10.3. The maximum atomic E-state index is 12.3. The fourth-order valence-electron chi connectivity index (χ4n) is 2.11. The van der Waals surface area contributed by atoms with Crippen molar-refractivity contribution in [3.05, 3.63) is 40.3 Å². The summed E-state index contributed by atoms with van der Waals surface area (Å²) in [5.41, 5.74) is 2.42. The summed E-state index contributed by atoms with van der Waals surface area (Å²) in [6, 6.07) is 8.31. The highest BCUT2D eigenvalue weighted by molar-refractivity contribution is 8.26. The average molecular weight is 335 g/mol. The molecule has 22 heavy (non-hydrogen) atoms. The van der Waals surface area contributed by atoms with Crippen molar-refractivity contribution in [2.75, 3.05) is 20.3 Å². The molecule has 1 aromatic carbocycles. The lowest BCUT2D eigenvalue weighted by Gasteiger charge is -2.18. The number of methoxy groups -OCH3 is 1. The molecule has 1 saturated heterocycles. The van der Waals surface area contributed by atoms with Crippen molar-refractivity contribution in [3.63, 3.8) is 0 Å². The van der Waals surface area contributed by atoms with Gasteiger partial charge >= 0.3 is 0 Å². The molecule has 0 bridgehead atoms. The number of amides is 1. The van der Waals surface area contributed by atoms with Crippen molar-refractivity contribution in [2.24, 2.45) is 0 Å². The van der Waals surface area contributed by atoms with E-state index in [1.54, 1.807) is 12.0 Å². The van der Waals surface area contributed by atoms with Crippen LogP contribution < -0.4 is 0 Å². The van der Waals surface area contributed by atoms with E-state index in [1.165, 1.54) is 17.3 Å². The normalized spacial score (nSPS) is 17.6. The zero-order valence-electron chi connectivity index (χ0n) is 13.4. The van der Waals surface area contributed by atoms with E-state index < -0.39 is 0 Å². The molecule has 0 spiro atoms. The van der Waals surface area contributed by atoms with Gasteiger partial charge in [0.05, 0.1) is 18.1 Å². The van der Waals surface area contributed by atoms with Crippen LogP contribution in [0, 0.1) is 0 Å². The second-order valence-corrected chi connectivity index (χ2v) is 7.87. The molecule has 118 valence electrons. The molecule has 0 radical (unpaired) electrons. The summed E-state index contributed by atoms with van der Waals surface area (Å²) in [7, 11) is 1.62. The van der Waals surface area contributed by atoms with Gasteiger partial charge in [0.2, 0.25) is 0 Å². The first-order valence-electron chi connectivity index (χ1n) is 7.18. The quantitative estimate of drug-likeness (QED) is 0.618. The number of hydrogen-bond acceptors (Lipinski definition) is 4. The smallest absolute Gasteiger partial charge is 0.266 e. The lowest BCUT2D eigenvalue weighted by molar-refractivity contribution is -0.122. The molecular weight excluding hydrogens is 314 g/mol. The van der Waals surface area contributed by atoms with E-state index >= 15 is 0 Å². The van der Waals surface area contributed by atoms with Crippen LogP contribution in [0.2, 0.25) is 0 Å². The molecule has 0 N–H and O–H groups in total. The van der Waals surface area contributed by atoms with Crippen LogP contribution in [0.3, 0.4) is 0 Å². The van der Waals surface area contributed by atoms with Crippen molar-refractivity contribution in [3.8, 4) is 0 Å². The number of carbonyl (C=O) groups is 1. The Labute approximate surface area is 141 Å². The highest BCUT2D eigenvalue weighted by Crippen LogP contribution is 2.32. The maximum absolute atomic E-state index is 12.3. The van der Waals surface area contributed by atoms with Gasteiger partial charge in [-0.1, -0.05) is 69.0 Å². The maximum Gasteiger partial charge on any atom is 0.266 e. The number of thiocarbonyl (C=S) groups is 1. The SMILES string of the molecule is COCCN1C(=O)/C(=C/c2ccc(C(C)(C)C)cc2)SC1=S. The second-order valence-electron chi connectivity index (χ2n) is 6.20. The van der Waals surface area contributed by atoms with Crippen LogP contribution in [-0.2, 0) is 14.9 Å². The van der Waals surface area contributed by atoms with Gasteiger partial charge in [0, 0.05) is 7.11 Å². The minimum atomic E-state index is -0.0352. The Bertz CT molecular complexity index is 600. The molecule has 5 heteroatoms. The summed E-state index contributed by atoms with van der Waals surface area (Å²) in [6.07, 6.45) is 1.90. The molecule has 0 unspecified atom stereocenters. The second kappa shape index (κ2) is 6.94. The first-order valence-corrected chi connectivity index (χ1v) is 8.40. The van der Waals surface area contributed by atoms with Crippen LogP contribution in [-0.4, -0.2) is 35.4 Å². The molecule has 3 nitrogen and oxygen atoms in total. The average Bonchev–Trinajstić information content (AvgIpc) is 2.71. The lowest BCUT2D eigenvalue weighted by atomic mass is 9.87. The molecule has 1 aliphatic rings. The number of thioether (sulfide) groups is 1. The summed E-state index contributed by atoms with van der Waals surface area (Å²) in [6.45, 7) is 7.54. The Morgan fingerprint density at radius 2 is 1.91 bits per heavy atom. The van der Waals surface area contributed by atoms with E-state index in [4.69, 9.17) is 17.0 Å². The Hall–Kier alpha value is -1.17. The van der Waals surface area contributed by atoms with Crippen molar-refractivity contribution in [1.82, 2.24) is 4.90 Å². The van der Waals surface area contributed by atoms with Gasteiger partial charge in [0.25, 0.3) is 5.91 Å². The number of ether oxygens (including phenoxy) is 1. The van der Waals surface area contributed by atoms with E-state index in [-0.39, 0.29) is 11.3 Å². The van der Waals surface area contributed by atoms with Gasteiger partial charge in [0.15, 0.2) is 0 Å². The molecule has 1 fully saturated rings. The van der Waals surface area contributed by atoms with E-state index in [9.17, 15) is 4.79 Å². The summed E-state index contributed by atoms with van der Waals surface area (Å²) < 4.78 is 5.61. The Balaban J connectivity index is 2.16. The van der Waals surface area contributed by atoms with E-state index in [1.807, 2.05) is 18.2 Å². The first kappa shape index (κ1) is 17.2. The molecule has 1 aliphatic heterocycles. The summed E-state index contributed by atoms with van der Waals surface area (Å²) in [5.74, 6) is -0.0352. The highest BCUT2D eigenvalue weighted by atomic mass is 32.2. The monoisotopic (exact) mass is 335 g/mol. The third-order valence-corrected chi connectivity index (χ3v) is 4.84. The lowest BCUT2D eigenvalue weighted by Crippen LogP contribution is -2.31. The van der Waals surface area contributed by atoms with Gasteiger partial charge in [-0.2, -0.15) is 0 Å². The van der Waals surface area contributed by atoms with Crippen LogP contribution in [0.25, 0.3) is 6.08 Å². The standard InChI is InChI=1S/C17H21NO2S2/c1-17(2,3)13-7-5-12(6-8-13)11-14-15(19)18(9-10-20-4)16(21)22-14/h5-8,11H,9-10H2,1-4H3/b14-11-. The fourth-order valence-corrected chi connectivity index (χ4v) is 3.41. The van der Waals surface area contributed by atoms with Gasteiger partial charge in [-0.05, 0) is 22.6 Å². The molecule has 1 heterocycles. The van der Waals surface area contributed by atoms with Crippen LogP contribution in [0.15, 0.2) is 29.2 Å². The molecule has 1 aromatic rings. The number of nitrogens with zero attached hydrogens (tertiary/aromatic N) is 1. The topological polar surface area (TPSA) is 29.5 Å². The summed E-state index contributed by atoms with van der Waals surface area (Å²) in [5, 5.41) is 0. The zero-order valence-corrected chi connectivity index (χ0v) is 15.0. The van der Waals surface area contributed by atoms with Gasteiger partial charge in [0.1, 0.15) is 4.32 Å². The van der Waals surface area contributed by atoms with Crippen molar-refractivity contribution >= 4 is 40.3 Å². The number of carbonyl (C=O) groups excluding carboxylic acids is 1. The molecule has 1 amide bonds. The molecule has 0 saturated carbocycles. The molecule has 0 aliphatic carbocycles. The molecular formula is C17H21NO2S2. The Morgan fingerprint density at radius 3 is 2.45 bits per heavy atom. The van der Waals surface area contributed by atoms with Crippen LogP contribution >= 0.6 is 24.0 Å². The van der Waals surface area contributed by atoms with Gasteiger partial charge in [-0.3, -0.25) is 9.69 Å². The van der Waals surface area contributed by atoms with Gasteiger partial charge in [-0.25, -0.2) is 0 Å². The highest BCUT2D eigenvalue weighted by Gasteiger charge is 2.31. The molecule has 0 atom stereocenters. The Morgan fingerprint density at radius 1 is 1.27 bits per heavy atom. The van der Waals surface area contributed by atoms with Crippen molar-refractivity contribution in [2.45, 2.75) is 26.2 Å². The zero-order chi connectivity index (χ0) is 16.3. The predicted octanol–water partition coefficient (Wildman–Crippen LogP) is 3.83. The minimum Gasteiger partial charge on any atom is -0.383 e. The van der Waals surface area contributed by atoms with Crippen LogP contribution in [0.4, 0.5) is 0 Å².